The van der Waals surface area contributed by atoms with Crippen molar-refractivity contribution in [2.24, 2.45) is 0 Å². The lowest BCUT2D eigenvalue weighted by Crippen LogP contribution is -2.29. The van der Waals surface area contributed by atoms with E-state index in [9.17, 15) is 8.42 Å². The topological polar surface area (TPSA) is 64.6 Å². The first-order chi connectivity index (χ1) is 12.4. The molecule has 0 saturated carbocycles. The molecule has 0 radical (unpaired) electrons. The number of rotatable bonds is 7. The molecule has 0 saturated heterocycles. The standard InChI is InChI=1S/C20H25NO4S/c1-14-6-4-5-7-17(14)13-26(22,23)21-12-16-9-8-15-10-19(24-2)20(25-3)11-18(15)16/h4-7,10-11,16,21H,8-9,12-13H2,1-3H3. The lowest BCUT2D eigenvalue weighted by atomic mass is 10.0. The number of hydrogen-bond donors (Lipinski definition) is 1. The van der Waals surface area contributed by atoms with Crippen molar-refractivity contribution in [3.05, 3.63) is 58.7 Å². The third-order valence-corrected chi connectivity index (χ3v) is 6.30. The summed E-state index contributed by atoms with van der Waals surface area (Å²) in [6, 6.07) is 11.5. The Morgan fingerprint density at radius 3 is 2.50 bits per heavy atom. The number of aryl methyl sites for hydroxylation is 2. The first-order valence-electron chi connectivity index (χ1n) is 8.70. The fraction of sp³-hybridized carbons (Fsp3) is 0.400. The van der Waals surface area contributed by atoms with Crippen LogP contribution in [0.2, 0.25) is 0 Å². The third kappa shape index (κ3) is 4.02. The van der Waals surface area contributed by atoms with Crippen LogP contribution in [0.15, 0.2) is 36.4 Å². The maximum absolute atomic E-state index is 12.5. The van der Waals surface area contributed by atoms with Crippen LogP contribution in [-0.2, 0) is 22.2 Å². The van der Waals surface area contributed by atoms with E-state index in [0.717, 1.165) is 29.5 Å². The molecule has 1 aliphatic rings. The first kappa shape index (κ1) is 18.7. The SMILES string of the molecule is COc1cc2c(cc1OC)C(CNS(=O)(=O)Cc1ccccc1C)CC2. The maximum Gasteiger partial charge on any atom is 0.215 e. The molecule has 0 spiro atoms. The Balaban J connectivity index is 1.71. The van der Waals surface area contributed by atoms with Gasteiger partial charge >= 0.3 is 0 Å². The van der Waals surface area contributed by atoms with Gasteiger partial charge in [0.2, 0.25) is 10.0 Å². The predicted molar refractivity (Wildman–Crippen MR) is 102 cm³/mol. The number of methoxy groups -OCH3 is 2. The summed E-state index contributed by atoms with van der Waals surface area (Å²) in [5, 5.41) is 0. The van der Waals surface area contributed by atoms with E-state index in [0.29, 0.717) is 18.0 Å². The summed E-state index contributed by atoms with van der Waals surface area (Å²) < 4.78 is 38.5. The quantitative estimate of drug-likeness (QED) is 0.807. The summed E-state index contributed by atoms with van der Waals surface area (Å²) in [6.45, 7) is 2.33. The van der Waals surface area contributed by atoms with E-state index >= 15 is 0 Å². The highest BCUT2D eigenvalue weighted by Crippen LogP contribution is 2.40. The second kappa shape index (κ2) is 7.68. The van der Waals surface area contributed by atoms with Crippen molar-refractivity contribution in [3.8, 4) is 11.5 Å². The molecule has 0 amide bonds. The number of ether oxygens (including phenoxy) is 2. The zero-order valence-corrected chi connectivity index (χ0v) is 16.2. The van der Waals surface area contributed by atoms with Crippen molar-refractivity contribution in [3.63, 3.8) is 0 Å². The van der Waals surface area contributed by atoms with Crippen LogP contribution in [0.3, 0.4) is 0 Å². The molecule has 1 unspecified atom stereocenters. The monoisotopic (exact) mass is 375 g/mol. The van der Waals surface area contributed by atoms with Crippen molar-refractivity contribution < 1.29 is 17.9 Å². The molecule has 1 atom stereocenters. The van der Waals surface area contributed by atoms with Gasteiger partial charge in [-0.15, -0.1) is 0 Å². The molecule has 26 heavy (non-hydrogen) atoms. The molecule has 3 rings (SSSR count). The smallest absolute Gasteiger partial charge is 0.215 e. The molecule has 1 N–H and O–H groups in total. The molecule has 140 valence electrons. The van der Waals surface area contributed by atoms with Gasteiger partial charge in [0.15, 0.2) is 11.5 Å². The highest BCUT2D eigenvalue weighted by atomic mass is 32.2. The van der Waals surface area contributed by atoms with Gasteiger partial charge in [0.25, 0.3) is 0 Å². The van der Waals surface area contributed by atoms with Gasteiger partial charge in [-0.3, -0.25) is 0 Å². The molecule has 2 aromatic carbocycles. The summed E-state index contributed by atoms with van der Waals surface area (Å²) >= 11 is 0. The van der Waals surface area contributed by atoms with Gasteiger partial charge in [-0.2, -0.15) is 0 Å². The van der Waals surface area contributed by atoms with Gasteiger partial charge in [0.05, 0.1) is 20.0 Å². The van der Waals surface area contributed by atoms with E-state index in [4.69, 9.17) is 9.47 Å². The second-order valence-electron chi connectivity index (χ2n) is 6.68. The molecular weight excluding hydrogens is 350 g/mol. The Morgan fingerprint density at radius 1 is 1.12 bits per heavy atom. The van der Waals surface area contributed by atoms with E-state index in [-0.39, 0.29) is 11.7 Å². The van der Waals surface area contributed by atoms with Gasteiger partial charge in [-0.25, -0.2) is 13.1 Å². The summed E-state index contributed by atoms with van der Waals surface area (Å²) in [5.41, 5.74) is 4.16. The number of sulfonamides is 1. The summed E-state index contributed by atoms with van der Waals surface area (Å²) in [6.07, 6.45) is 1.83. The van der Waals surface area contributed by atoms with Gasteiger partial charge < -0.3 is 9.47 Å². The average molecular weight is 375 g/mol. The Labute approximate surface area is 155 Å². The molecule has 1 aliphatic carbocycles. The first-order valence-corrected chi connectivity index (χ1v) is 10.4. The van der Waals surface area contributed by atoms with Crippen LogP contribution in [0.5, 0.6) is 11.5 Å². The Bertz CT molecular complexity index is 893. The van der Waals surface area contributed by atoms with Crippen LogP contribution in [-0.4, -0.2) is 29.2 Å². The highest BCUT2D eigenvalue weighted by molar-refractivity contribution is 7.88. The largest absolute Gasteiger partial charge is 0.493 e. The molecule has 0 fully saturated rings. The third-order valence-electron chi connectivity index (χ3n) is 5.00. The Morgan fingerprint density at radius 2 is 1.81 bits per heavy atom. The minimum Gasteiger partial charge on any atom is -0.493 e. The number of hydrogen-bond acceptors (Lipinski definition) is 4. The van der Waals surface area contributed by atoms with E-state index in [1.165, 1.54) is 5.56 Å². The molecule has 5 nitrogen and oxygen atoms in total. The minimum absolute atomic E-state index is 0.00514. The van der Waals surface area contributed by atoms with E-state index in [1.807, 2.05) is 43.3 Å². The minimum atomic E-state index is -3.38. The van der Waals surface area contributed by atoms with Crippen LogP contribution in [0.1, 0.15) is 34.6 Å². The van der Waals surface area contributed by atoms with Crippen molar-refractivity contribution >= 4 is 10.0 Å². The van der Waals surface area contributed by atoms with Gasteiger partial charge in [-0.05, 0) is 60.1 Å². The van der Waals surface area contributed by atoms with Crippen molar-refractivity contribution in [2.75, 3.05) is 20.8 Å². The van der Waals surface area contributed by atoms with Gasteiger partial charge in [0.1, 0.15) is 0 Å². The van der Waals surface area contributed by atoms with Crippen molar-refractivity contribution in [1.29, 1.82) is 0 Å². The number of benzene rings is 2. The maximum atomic E-state index is 12.5. The lowest BCUT2D eigenvalue weighted by Gasteiger charge is -2.16. The van der Waals surface area contributed by atoms with Crippen LogP contribution in [0, 0.1) is 6.92 Å². The van der Waals surface area contributed by atoms with Gasteiger partial charge in [-0.1, -0.05) is 24.3 Å². The van der Waals surface area contributed by atoms with Crippen LogP contribution in [0.25, 0.3) is 0 Å². The fourth-order valence-electron chi connectivity index (χ4n) is 3.49. The van der Waals surface area contributed by atoms with E-state index in [2.05, 4.69) is 4.72 Å². The zero-order chi connectivity index (χ0) is 18.7. The highest BCUT2D eigenvalue weighted by Gasteiger charge is 2.26. The zero-order valence-electron chi connectivity index (χ0n) is 15.4. The number of fused-ring (bicyclic) bond motifs is 1. The number of nitrogens with one attached hydrogen (secondary N) is 1. The molecule has 0 aromatic heterocycles. The summed E-state index contributed by atoms with van der Waals surface area (Å²) in [5.74, 6) is 1.55. The normalized spacial score (nSPS) is 16.3. The summed E-state index contributed by atoms with van der Waals surface area (Å²) in [7, 11) is -0.150. The van der Waals surface area contributed by atoms with Crippen molar-refractivity contribution in [2.45, 2.75) is 31.4 Å². The van der Waals surface area contributed by atoms with Crippen LogP contribution >= 0.6 is 0 Å². The molecule has 6 heteroatoms. The van der Waals surface area contributed by atoms with Crippen LogP contribution < -0.4 is 14.2 Å². The van der Waals surface area contributed by atoms with Gasteiger partial charge in [0, 0.05) is 6.54 Å². The Hall–Kier alpha value is -2.05. The molecule has 0 heterocycles. The van der Waals surface area contributed by atoms with Crippen LogP contribution in [0.4, 0.5) is 0 Å². The van der Waals surface area contributed by atoms with Crippen molar-refractivity contribution in [1.82, 2.24) is 4.72 Å². The average Bonchev–Trinajstić information content (AvgIpc) is 3.02. The predicted octanol–water partition coefficient (Wildman–Crippen LogP) is 3.16. The molecule has 0 bridgehead atoms. The molecular formula is C20H25NO4S. The Kier molecular flexibility index (Phi) is 5.53. The fourth-order valence-corrected chi connectivity index (χ4v) is 4.78. The van der Waals surface area contributed by atoms with E-state index < -0.39 is 10.0 Å². The summed E-state index contributed by atoms with van der Waals surface area (Å²) in [4.78, 5) is 0. The lowest BCUT2D eigenvalue weighted by molar-refractivity contribution is 0.354. The second-order valence-corrected chi connectivity index (χ2v) is 8.48. The molecule has 0 aliphatic heterocycles. The van der Waals surface area contributed by atoms with E-state index in [1.54, 1.807) is 14.2 Å². The molecule has 2 aromatic rings.